The Hall–Kier alpha value is -1.47. The summed E-state index contributed by atoms with van der Waals surface area (Å²) in [7, 11) is 0. The van der Waals surface area contributed by atoms with E-state index < -0.39 is 0 Å². The van der Waals surface area contributed by atoms with Crippen molar-refractivity contribution in [1.82, 2.24) is 10.4 Å². The molecule has 1 atom stereocenters. The largest absolute Gasteiger partial charge is 0.372 e. The molecule has 0 aromatic rings. The van der Waals surface area contributed by atoms with Crippen LogP contribution < -0.4 is 5.43 Å². The fourth-order valence-corrected chi connectivity index (χ4v) is 1.57. The van der Waals surface area contributed by atoms with Crippen LogP contribution in [0.4, 0.5) is 0 Å². The first-order chi connectivity index (χ1) is 6.90. The van der Waals surface area contributed by atoms with E-state index in [1.54, 1.807) is 17.5 Å². The number of rotatable bonds is 2. The highest BCUT2D eigenvalue weighted by molar-refractivity contribution is 5.57. The van der Waals surface area contributed by atoms with Gasteiger partial charge in [-0.15, -0.1) is 6.42 Å². The zero-order valence-corrected chi connectivity index (χ0v) is 7.94. The van der Waals surface area contributed by atoms with Crippen LogP contribution in [0.25, 0.3) is 0 Å². The third-order valence-electron chi connectivity index (χ3n) is 2.23. The molecule has 0 spiro atoms. The zero-order valence-electron chi connectivity index (χ0n) is 7.94. The van der Waals surface area contributed by atoms with E-state index >= 15 is 0 Å². The van der Waals surface area contributed by atoms with Gasteiger partial charge >= 0.3 is 0 Å². The molecule has 2 aliphatic heterocycles. The van der Waals surface area contributed by atoms with Gasteiger partial charge in [0, 0.05) is 6.61 Å². The lowest BCUT2D eigenvalue weighted by Gasteiger charge is -2.26. The fourth-order valence-electron chi connectivity index (χ4n) is 1.57. The summed E-state index contributed by atoms with van der Waals surface area (Å²) in [4.78, 5) is 4.10. The topological polar surface area (TPSA) is 36.9 Å². The average Bonchev–Trinajstić information content (AvgIpc) is 2.71. The summed E-state index contributed by atoms with van der Waals surface area (Å²) in [5, 5.41) is 1.77. The van der Waals surface area contributed by atoms with Gasteiger partial charge in [-0.25, -0.2) is 4.99 Å². The minimum Gasteiger partial charge on any atom is -0.372 e. The van der Waals surface area contributed by atoms with Crippen LogP contribution in [0.15, 0.2) is 16.9 Å². The van der Waals surface area contributed by atoms with E-state index in [1.165, 1.54) is 0 Å². The van der Waals surface area contributed by atoms with Gasteiger partial charge in [0.05, 0.1) is 11.9 Å². The first-order valence-electron chi connectivity index (χ1n) is 4.72. The molecule has 1 saturated heterocycles. The van der Waals surface area contributed by atoms with Crippen molar-refractivity contribution in [2.75, 3.05) is 13.2 Å². The third-order valence-corrected chi connectivity index (χ3v) is 2.23. The molecule has 0 aromatic carbocycles. The SMILES string of the molecule is C#CCN1C=NC=C(C2CCCO2)N1. The molecular weight excluding hydrogens is 178 g/mol. The van der Waals surface area contributed by atoms with Gasteiger partial charge in [0.25, 0.3) is 0 Å². The molecule has 1 N–H and O–H groups in total. The predicted octanol–water partition coefficient (Wildman–Crippen LogP) is 0.488. The molecule has 0 radical (unpaired) electrons. The molecule has 74 valence electrons. The molecule has 14 heavy (non-hydrogen) atoms. The van der Waals surface area contributed by atoms with E-state index in [0.717, 1.165) is 25.1 Å². The van der Waals surface area contributed by atoms with Crippen LogP contribution in [0.5, 0.6) is 0 Å². The van der Waals surface area contributed by atoms with Crippen LogP contribution in [-0.4, -0.2) is 30.6 Å². The maximum atomic E-state index is 5.54. The average molecular weight is 191 g/mol. The predicted molar refractivity (Wildman–Crippen MR) is 54.2 cm³/mol. The van der Waals surface area contributed by atoms with Crippen molar-refractivity contribution in [2.45, 2.75) is 18.9 Å². The number of ether oxygens (including phenoxy) is 1. The van der Waals surface area contributed by atoms with E-state index in [-0.39, 0.29) is 6.10 Å². The number of hydrogen-bond donors (Lipinski definition) is 1. The van der Waals surface area contributed by atoms with Crippen LogP contribution in [0.3, 0.4) is 0 Å². The summed E-state index contributed by atoms with van der Waals surface area (Å²) in [6.07, 6.45) is 11.0. The van der Waals surface area contributed by atoms with Crippen LogP contribution in [0.2, 0.25) is 0 Å². The molecule has 0 saturated carbocycles. The molecule has 4 nitrogen and oxygen atoms in total. The quantitative estimate of drug-likeness (QED) is 0.645. The zero-order chi connectivity index (χ0) is 9.80. The minimum atomic E-state index is 0.160. The highest BCUT2D eigenvalue weighted by atomic mass is 16.5. The maximum Gasteiger partial charge on any atom is 0.110 e. The number of nitrogens with zero attached hydrogens (tertiary/aromatic N) is 2. The number of nitrogens with one attached hydrogen (secondary N) is 1. The Kier molecular flexibility index (Phi) is 2.70. The molecule has 1 fully saturated rings. The van der Waals surface area contributed by atoms with Gasteiger partial charge in [-0.3, -0.25) is 10.4 Å². The van der Waals surface area contributed by atoms with E-state index in [9.17, 15) is 0 Å². The summed E-state index contributed by atoms with van der Waals surface area (Å²) >= 11 is 0. The molecule has 2 heterocycles. The molecule has 0 aromatic heterocycles. The van der Waals surface area contributed by atoms with Crippen LogP contribution in [0, 0.1) is 12.3 Å². The van der Waals surface area contributed by atoms with Gasteiger partial charge in [0.1, 0.15) is 19.0 Å². The van der Waals surface area contributed by atoms with E-state index in [1.807, 2.05) is 0 Å². The van der Waals surface area contributed by atoms with Crippen LogP contribution in [-0.2, 0) is 4.74 Å². The highest BCUT2D eigenvalue weighted by Gasteiger charge is 2.22. The lowest BCUT2D eigenvalue weighted by atomic mass is 10.2. The normalized spacial score (nSPS) is 25.5. The molecule has 4 heteroatoms. The fraction of sp³-hybridized carbons (Fsp3) is 0.500. The third kappa shape index (κ3) is 1.88. The van der Waals surface area contributed by atoms with Crippen molar-refractivity contribution in [3.63, 3.8) is 0 Å². The summed E-state index contributed by atoms with van der Waals surface area (Å²) in [6, 6.07) is 0. The first-order valence-corrected chi connectivity index (χ1v) is 4.72. The van der Waals surface area contributed by atoms with Crippen molar-refractivity contribution in [3.05, 3.63) is 11.9 Å². The smallest absolute Gasteiger partial charge is 0.110 e. The van der Waals surface area contributed by atoms with E-state index in [4.69, 9.17) is 11.2 Å². The van der Waals surface area contributed by atoms with Crippen LogP contribution in [0.1, 0.15) is 12.8 Å². The monoisotopic (exact) mass is 191 g/mol. The molecule has 1 unspecified atom stereocenters. The molecule has 0 bridgehead atoms. The Bertz CT molecular complexity index is 297. The lowest BCUT2D eigenvalue weighted by Crippen LogP contribution is -2.41. The van der Waals surface area contributed by atoms with Crippen molar-refractivity contribution in [2.24, 2.45) is 4.99 Å². The van der Waals surface area contributed by atoms with Crippen LogP contribution >= 0.6 is 0 Å². The van der Waals surface area contributed by atoms with Crippen molar-refractivity contribution < 1.29 is 4.74 Å². The second kappa shape index (κ2) is 4.16. The minimum absolute atomic E-state index is 0.160. The molecular formula is C10H13N3O. The maximum absolute atomic E-state index is 5.54. The summed E-state index contributed by atoms with van der Waals surface area (Å²) in [5.74, 6) is 2.55. The summed E-state index contributed by atoms with van der Waals surface area (Å²) in [5.41, 5.74) is 4.17. The van der Waals surface area contributed by atoms with E-state index in [2.05, 4.69) is 16.3 Å². The number of terminal acetylenes is 1. The second-order valence-corrected chi connectivity index (χ2v) is 3.29. The van der Waals surface area contributed by atoms with Gasteiger partial charge in [-0.2, -0.15) is 0 Å². The molecule has 2 aliphatic rings. The Morgan fingerprint density at radius 2 is 2.71 bits per heavy atom. The Labute approximate surface area is 83.6 Å². The van der Waals surface area contributed by atoms with E-state index in [0.29, 0.717) is 6.54 Å². The van der Waals surface area contributed by atoms with Gasteiger partial charge in [0.2, 0.25) is 0 Å². The standard InChI is InChI=1S/C10H13N3O/c1-2-5-13-8-11-7-9(12-13)10-4-3-6-14-10/h1,7-8,10,12H,3-6H2. The van der Waals surface area contributed by atoms with Gasteiger partial charge < -0.3 is 4.74 Å². The Balaban J connectivity index is 1.97. The van der Waals surface area contributed by atoms with Crippen molar-refractivity contribution >= 4 is 6.34 Å². The van der Waals surface area contributed by atoms with Crippen molar-refractivity contribution in [1.29, 1.82) is 0 Å². The van der Waals surface area contributed by atoms with Crippen molar-refractivity contribution in [3.8, 4) is 12.3 Å². The Morgan fingerprint density at radius 1 is 1.79 bits per heavy atom. The number of hydrogen-bond acceptors (Lipinski definition) is 4. The van der Waals surface area contributed by atoms with Gasteiger partial charge in [-0.1, -0.05) is 5.92 Å². The highest BCUT2D eigenvalue weighted by Crippen LogP contribution is 2.19. The number of aliphatic imine (C=N–C) groups is 1. The first kappa shape index (κ1) is 9.10. The molecule has 0 aliphatic carbocycles. The second-order valence-electron chi connectivity index (χ2n) is 3.29. The molecule has 2 rings (SSSR count). The Morgan fingerprint density at radius 3 is 3.43 bits per heavy atom. The summed E-state index contributed by atoms with van der Waals surface area (Å²) in [6.45, 7) is 1.34. The number of hydrazine groups is 1. The van der Waals surface area contributed by atoms with Gasteiger partial charge in [-0.05, 0) is 12.8 Å². The van der Waals surface area contributed by atoms with Gasteiger partial charge in [0.15, 0.2) is 0 Å². The summed E-state index contributed by atoms with van der Waals surface area (Å²) < 4.78 is 5.54. The lowest BCUT2D eigenvalue weighted by molar-refractivity contribution is 0.123. The molecule has 0 amide bonds.